The highest BCUT2D eigenvalue weighted by Gasteiger charge is 2.10. The van der Waals surface area contributed by atoms with Crippen LogP contribution in [0, 0.1) is 0 Å². The number of esters is 2. The lowest BCUT2D eigenvalue weighted by atomic mass is 10.1. The third kappa shape index (κ3) is 8.85. The Morgan fingerprint density at radius 1 is 0.757 bits per heavy atom. The minimum atomic E-state index is -0.506. The van der Waals surface area contributed by atoms with Crippen molar-refractivity contribution < 1.29 is 38.1 Å². The van der Waals surface area contributed by atoms with E-state index in [-0.39, 0.29) is 12.6 Å². The maximum atomic E-state index is 12.4. The van der Waals surface area contributed by atoms with Crippen LogP contribution in [0.25, 0.3) is 0 Å². The van der Waals surface area contributed by atoms with Crippen LogP contribution in [0.15, 0.2) is 85.5 Å². The molecule has 3 aromatic carbocycles. The Morgan fingerprint density at radius 3 is 2.08 bits per heavy atom. The number of carbonyl (C=O) groups is 3. The Labute approximate surface area is 215 Å². The van der Waals surface area contributed by atoms with Crippen molar-refractivity contribution >= 4 is 17.7 Å². The van der Waals surface area contributed by atoms with Gasteiger partial charge in [0.25, 0.3) is 0 Å². The van der Waals surface area contributed by atoms with Gasteiger partial charge >= 0.3 is 11.9 Å². The SMILES string of the molecule is C=CC(=O)OCCCCOc1ccc(C(=O)Oc2ccc(OCOc3ccccc3C(C)=O)cc2)cc1. The molecule has 0 N–H and O–H groups in total. The fourth-order valence-electron chi connectivity index (χ4n) is 3.13. The number of hydrogen-bond donors (Lipinski definition) is 0. The highest BCUT2D eigenvalue weighted by molar-refractivity contribution is 5.96. The van der Waals surface area contributed by atoms with Crippen LogP contribution in [0.3, 0.4) is 0 Å². The number of ether oxygens (including phenoxy) is 5. The molecule has 0 heterocycles. The van der Waals surface area contributed by atoms with Gasteiger partial charge in [-0.3, -0.25) is 4.79 Å². The third-order valence-corrected chi connectivity index (χ3v) is 5.05. The van der Waals surface area contributed by atoms with Crippen molar-refractivity contribution in [3.05, 3.63) is 96.6 Å². The van der Waals surface area contributed by atoms with E-state index in [1.807, 2.05) is 0 Å². The molecule has 3 aromatic rings. The van der Waals surface area contributed by atoms with Gasteiger partial charge in [0.2, 0.25) is 6.79 Å². The summed E-state index contributed by atoms with van der Waals surface area (Å²) in [6, 6.07) is 20.1. The highest BCUT2D eigenvalue weighted by atomic mass is 16.7. The van der Waals surface area contributed by atoms with Gasteiger partial charge in [0.05, 0.1) is 24.3 Å². The van der Waals surface area contributed by atoms with Gasteiger partial charge in [-0.1, -0.05) is 18.7 Å². The van der Waals surface area contributed by atoms with E-state index in [4.69, 9.17) is 23.7 Å². The second kappa shape index (κ2) is 14.1. The Morgan fingerprint density at radius 2 is 1.38 bits per heavy atom. The summed E-state index contributed by atoms with van der Waals surface area (Å²) < 4.78 is 27.1. The second-order valence-electron chi connectivity index (χ2n) is 7.77. The predicted molar refractivity (Wildman–Crippen MR) is 136 cm³/mol. The predicted octanol–water partition coefficient (Wildman–Crippen LogP) is 5.41. The molecule has 0 atom stereocenters. The summed E-state index contributed by atoms with van der Waals surface area (Å²) in [6.07, 6.45) is 2.52. The zero-order valence-electron chi connectivity index (χ0n) is 20.5. The summed E-state index contributed by atoms with van der Waals surface area (Å²) >= 11 is 0. The van der Waals surface area contributed by atoms with Crippen molar-refractivity contribution in [2.45, 2.75) is 19.8 Å². The summed E-state index contributed by atoms with van der Waals surface area (Å²) in [5.41, 5.74) is 0.859. The minimum Gasteiger partial charge on any atom is -0.494 e. The number of para-hydroxylation sites is 1. The van der Waals surface area contributed by atoms with E-state index in [1.54, 1.807) is 72.8 Å². The molecular weight excluding hydrogens is 476 g/mol. The second-order valence-corrected chi connectivity index (χ2v) is 7.77. The molecule has 0 saturated carbocycles. The van der Waals surface area contributed by atoms with E-state index < -0.39 is 11.9 Å². The van der Waals surface area contributed by atoms with Gasteiger partial charge < -0.3 is 23.7 Å². The molecule has 192 valence electrons. The van der Waals surface area contributed by atoms with Crippen LogP contribution in [0.5, 0.6) is 23.0 Å². The average Bonchev–Trinajstić information content (AvgIpc) is 2.92. The van der Waals surface area contributed by atoms with Gasteiger partial charge in [-0.2, -0.15) is 0 Å². The molecule has 0 fully saturated rings. The van der Waals surface area contributed by atoms with Crippen LogP contribution >= 0.6 is 0 Å². The van der Waals surface area contributed by atoms with Crippen LogP contribution < -0.4 is 18.9 Å². The van der Waals surface area contributed by atoms with Crippen molar-refractivity contribution in [1.82, 2.24) is 0 Å². The minimum absolute atomic E-state index is 0.0827. The first-order chi connectivity index (χ1) is 18.0. The molecule has 0 unspecified atom stereocenters. The van der Waals surface area contributed by atoms with E-state index in [9.17, 15) is 14.4 Å². The smallest absolute Gasteiger partial charge is 0.343 e. The number of benzene rings is 3. The number of ketones is 1. The molecule has 0 spiro atoms. The molecule has 0 aliphatic rings. The summed E-state index contributed by atoms with van der Waals surface area (Å²) in [5, 5.41) is 0. The van der Waals surface area contributed by atoms with Crippen molar-refractivity contribution in [1.29, 1.82) is 0 Å². The first kappa shape index (κ1) is 27.0. The maximum Gasteiger partial charge on any atom is 0.343 e. The molecule has 0 aliphatic carbocycles. The normalized spacial score (nSPS) is 10.2. The van der Waals surface area contributed by atoms with Gasteiger partial charge in [-0.15, -0.1) is 0 Å². The topological polar surface area (TPSA) is 97.4 Å². The largest absolute Gasteiger partial charge is 0.494 e. The highest BCUT2D eigenvalue weighted by Crippen LogP contribution is 2.22. The third-order valence-electron chi connectivity index (χ3n) is 5.05. The lowest BCUT2D eigenvalue weighted by Crippen LogP contribution is -2.09. The zero-order chi connectivity index (χ0) is 26.5. The number of hydrogen-bond acceptors (Lipinski definition) is 8. The Kier molecular flexibility index (Phi) is 10.3. The van der Waals surface area contributed by atoms with Crippen LogP contribution in [0.4, 0.5) is 0 Å². The standard InChI is InChI=1S/C29H28O8/c1-3-28(31)34-19-7-6-18-33-23-12-10-22(11-13-23)29(32)37-25-16-14-24(15-17-25)35-20-36-27-9-5-4-8-26(27)21(2)30/h3-5,8-17H,1,6-7,18-20H2,2H3. The molecule has 37 heavy (non-hydrogen) atoms. The fraction of sp³-hybridized carbons (Fsp3) is 0.207. The van der Waals surface area contributed by atoms with Crippen LogP contribution in [0.1, 0.15) is 40.5 Å². The number of rotatable bonds is 14. The molecule has 0 aromatic heterocycles. The van der Waals surface area contributed by atoms with Crippen molar-refractivity contribution in [3.63, 3.8) is 0 Å². The molecule has 0 bridgehead atoms. The van der Waals surface area contributed by atoms with E-state index in [0.29, 0.717) is 60.2 Å². The average molecular weight is 505 g/mol. The van der Waals surface area contributed by atoms with Crippen LogP contribution in [-0.4, -0.2) is 37.7 Å². The maximum absolute atomic E-state index is 12.4. The Balaban J connectivity index is 1.40. The van der Waals surface area contributed by atoms with Crippen molar-refractivity contribution in [3.8, 4) is 23.0 Å². The molecule has 8 heteroatoms. The molecule has 0 saturated heterocycles. The molecule has 3 rings (SSSR count). The van der Waals surface area contributed by atoms with E-state index >= 15 is 0 Å². The quantitative estimate of drug-likeness (QED) is 0.0718. The molecular formula is C29H28O8. The summed E-state index contributed by atoms with van der Waals surface area (Å²) in [4.78, 5) is 35.1. The van der Waals surface area contributed by atoms with Gasteiger partial charge in [0.15, 0.2) is 5.78 Å². The van der Waals surface area contributed by atoms with Crippen LogP contribution in [0.2, 0.25) is 0 Å². The van der Waals surface area contributed by atoms with Crippen LogP contribution in [-0.2, 0) is 9.53 Å². The van der Waals surface area contributed by atoms with Gasteiger partial charge in [-0.25, -0.2) is 9.59 Å². The summed E-state index contributed by atoms with van der Waals surface area (Å²) in [5.74, 6) is 0.903. The summed E-state index contributed by atoms with van der Waals surface area (Å²) in [7, 11) is 0. The monoisotopic (exact) mass is 504 g/mol. The molecule has 8 nitrogen and oxygen atoms in total. The molecule has 0 radical (unpaired) electrons. The fourth-order valence-corrected chi connectivity index (χ4v) is 3.13. The van der Waals surface area contributed by atoms with E-state index in [1.165, 1.54) is 6.92 Å². The lowest BCUT2D eigenvalue weighted by Gasteiger charge is -2.11. The van der Waals surface area contributed by atoms with Gasteiger partial charge in [0, 0.05) is 6.08 Å². The molecule has 0 amide bonds. The lowest BCUT2D eigenvalue weighted by molar-refractivity contribution is -0.137. The van der Waals surface area contributed by atoms with E-state index in [2.05, 4.69) is 6.58 Å². The first-order valence-electron chi connectivity index (χ1n) is 11.7. The number of Topliss-reactive ketones (excluding diaryl/α,β-unsaturated/α-hetero) is 1. The van der Waals surface area contributed by atoms with E-state index in [0.717, 1.165) is 6.08 Å². The first-order valence-corrected chi connectivity index (χ1v) is 11.7. The van der Waals surface area contributed by atoms with Gasteiger partial charge in [0.1, 0.15) is 23.0 Å². The number of unbranched alkanes of at least 4 members (excludes halogenated alkanes) is 1. The Bertz CT molecular complexity index is 1200. The van der Waals surface area contributed by atoms with Crippen molar-refractivity contribution in [2.24, 2.45) is 0 Å². The van der Waals surface area contributed by atoms with Crippen molar-refractivity contribution in [2.75, 3.05) is 20.0 Å². The molecule has 0 aliphatic heterocycles. The zero-order valence-corrected chi connectivity index (χ0v) is 20.5. The van der Waals surface area contributed by atoms with Gasteiger partial charge in [-0.05, 0) is 80.4 Å². The number of carbonyl (C=O) groups excluding carboxylic acids is 3. The summed E-state index contributed by atoms with van der Waals surface area (Å²) in [6.45, 7) is 5.50. The Hall–Kier alpha value is -4.59.